The number of unbranched alkanes of at least 4 members (excludes halogenated alkanes) is 5. The van der Waals surface area contributed by atoms with Gasteiger partial charge in [0.2, 0.25) is 5.91 Å². The number of carbonyl (C=O) groups is 5. The van der Waals surface area contributed by atoms with Crippen molar-refractivity contribution < 1.29 is 39.3 Å². The number of carbonyl (C=O) groups excluding carboxylic acids is 2. The molecule has 0 radical (unpaired) electrons. The summed E-state index contributed by atoms with van der Waals surface area (Å²) in [5.74, 6) is -4.05. The molecule has 0 bridgehead atoms. The van der Waals surface area contributed by atoms with E-state index in [2.05, 4.69) is 21.3 Å². The highest BCUT2D eigenvalue weighted by molar-refractivity contribution is 5.86. The fraction of sp³-hybridized carbons (Fsp3) is 0.714. The molecule has 14 heteroatoms. The maximum absolute atomic E-state index is 12.0. The first-order valence-electron chi connectivity index (χ1n) is 11.6. The van der Waals surface area contributed by atoms with E-state index in [9.17, 15) is 29.1 Å². The van der Waals surface area contributed by atoms with Crippen LogP contribution in [-0.4, -0.2) is 76.3 Å². The summed E-state index contributed by atoms with van der Waals surface area (Å²) in [5, 5.41) is 44.9. The number of carboxylic acids is 3. The Hall–Kier alpha value is -3.58. The normalized spacial score (nSPS) is 12.1. The van der Waals surface area contributed by atoms with E-state index in [0.29, 0.717) is 32.4 Å². The number of urea groups is 1. The van der Waals surface area contributed by atoms with E-state index in [1.165, 1.54) is 0 Å². The van der Waals surface area contributed by atoms with Crippen LogP contribution < -0.4 is 27.0 Å². The van der Waals surface area contributed by atoms with Crippen LogP contribution in [0.3, 0.4) is 0 Å². The van der Waals surface area contributed by atoms with Gasteiger partial charge in [0.05, 0.1) is 0 Å². The summed E-state index contributed by atoms with van der Waals surface area (Å²) < 4.78 is 0. The zero-order valence-electron chi connectivity index (χ0n) is 19.8. The molecule has 0 unspecified atom stereocenters. The Bertz CT molecular complexity index is 718. The molecule has 200 valence electrons. The van der Waals surface area contributed by atoms with Gasteiger partial charge in [0.1, 0.15) is 12.1 Å². The summed E-state index contributed by atoms with van der Waals surface area (Å²) in [6.07, 6.45) is 5.24. The number of rotatable bonds is 20. The van der Waals surface area contributed by atoms with Gasteiger partial charge >= 0.3 is 23.9 Å². The number of amides is 3. The largest absolute Gasteiger partial charge is 0.481 e. The average Bonchev–Trinajstić information content (AvgIpc) is 2.76. The lowest BCUT2D eigenvalue weighted by Crippen LogP contribution is -2.51. The number of primary amides is 1. The molecule has 35 heavy (non-hydrogen) atoms. The van der Waals surface area contributed by atoms with Gasteiger partial charge < -0.3 is 42.3 Å². The van der Waals surface area contributed by atoms with Gasteiger partial charge in [-0.15, -0.1) is 0 Å². The number of hydrogen-bond acceptors (Lipinski definition) is 6. The van der Waals surface area contributed by atoms with Crippen LogP contribution in [0.2, 0.25) is 0 Å². The van der Waals surface area contributed by atoms with Gasteiger partial charge in [0.15, 0.2) is 5.96 Å². The molecule has 0 aromatic rings. The van der Waals surface area contributed by atoms with Crippen molar-refractivity contribution in [1.82, 2.24) is 21.3 Å². The summed E-state index contributed by atoms with van der Waals surface area (Å²) in [6.45, 7) is 1.05. The molecular formula is C21H38N6O8. The van der Waals surface area contributed by atoms with Crippen molar-refractivity contribution in [3.8, 4) is 0 Å². The Morgan fingerprint density at radius 1 is 0.686 bits per heavy atom. The molecule has 0 aliphatic carbocycles. The molecule has 0 aliphatic rings. The van der Waals surface area contributed by atoms with Gasteiger partial charge in [-0.3, -0.25) is 15.0 Å². The Morgan fingerprint density at radius 2 is 1.17 bits per heavy atom. The van der Waals surface area contributed by atoms with Gasteiger partial charge in [-0.25, -0.2) is 14.4 Å². The predicted octanol–water partition coefficient (Wildman–Crippen LogP) is 0.167. The fourth-order valence-corrected chi connectivity index (χ4v) is 3.06. The summed E-state index contributed by atoms with van der Waals surface area (Å²) in [5.41, 5.74) is 5.08. The third-order valence-electron chi connectivity index (χ3n) is 4.98. The van der Waals surface area contributed by atoms with E-state index in [1.54, 1.807) is 0 Å². The standard InChI is InChI=1S/C21H38N6O8/c22-16(28)9-4-2-1-3-6-12-24-20(23)25-13-7-5-8-14(18(31)32)26-21(35)27-15(19(33)34)10-11-17(29)30/h14-15H,1-13H2,(H2,22,28)(H,29,30)(H,31,32)(H,33,34)(H3,23,24,25)(H2,26,27,35)/t14-,15-/m0/s1. The summed E-state index contributed by atoms with van der Waals surface area (Å²) in [7, 11) is 0. The second-order valence-electron chi connectivity index (χ2n) is 8.04. The molecule has 14 nitrogen and oxygen atoms in total. The van der Waals surface area contributed by atoms with Crippen LogP contribution in [0, 0.1) is 5.41 Å². The van der Waals surface area contributed by atoms with Gasteiger partial charge in [-0.2, -0.15) is 0 Å². The van der Waals surface area contributed by atoms with Crippen LogP contribution in [-0.2, 0) is 19.2 Å². The third kappa shape index (κ3) is 18.5. The molecule has 3 amide bonds. The summed E-state index contributed by atoms with van der Waals surface area (Å²) in [4.78, 5) is 55.7. The number of aliphatic carboxylic acids is 3. The van der Waals surface area contributed by atoms with Crippen molar-refractivity contribution in [2.24, 2.45) is 5.73 Å². The average molecular weight is 503 g/mol. The molecule has 0 heterocycles. The first-order chi connectivity index (χ1) is 16.5. The predicted molar refractivity (Wildman–Crippen MR) is 126 cm³/mol. The summed E-state index contributed by atoms with van der Waals surface area (Å²) >= 11 is 0. The van der Waals surface area contributed by atoms with Gasteiger partial charge in [-0.05, 0) is 38.5 Å². The molecule has 0 rings (SSSR count). The zero-order chi connectivity index (χ0) is 26.6. The van der Waals surface area contributed by atoms with Crippen molar-refractivity contribution in [2.75, 3.05) is 13.1 Å². The molecular weight excluding hydrogens is 464 g/mol. The van der Waals surface area contributed by atoms with E-state index in [1.807, 2.05) is 0 Å². The zero-order valence-corrected chi connectivity index (χ0v) is 19.8. The van der Waals surface area contributed by atoms with Crippen molar-refractivity contribution in [2.45, 2.75) is 82.7 Å². The lowest BCUT2D eigenvalue weighted by Gasteiger charge is -2.18. The minimum absolute atomic E-state index is 0.0911. The van der Waals surface area contributed by atoms with Crippen LogP contribution in [0.25, 0.3) is 0 Å². The van der Waals surface area contributed by atoms with Crippen molar-refractivity contribution in [3.05, 3.63) is 0 Å². The van der Waals surface area contributed by atoms with E-state index < -0.39 is 42.4 Å². The topological polar surface area (TPSA) is 244 Å². The van der Waals surface area contributed by atoms with Gasteiger partial charge in [0, 0.05) is 25.9 Å². The molecule has 0 fully saturated rings. The molecule has 0 aromatic carbocycles. The minimum Gasteiger partial charge on any atom is -0.481 e. The third-order valence-corrected chi connectivity index (χ3v) is 4.98. The fourth-order valence-electron chi connectivity index (χ4n) is 3.06. The Kier molecular flexibility index (Phi) is 16.9. The first kappa shape index (κ1) is 31.4. The molecule has 0 spiro atoms. The molecule has 10 N–H and O–H groups in total. The highest BCUT2D eigenvalue weighted by Crippen LogP contribution is 2.05. The quantitative estimate of drug-likeness (QED) is 0.0620. The Morgan fingerprint density at radius 3 is 1.69 bits per heavy atom. The van der Waals surface area contributed by atoms with Gasteiger partial charge in [-0.1, -0.05) is 19.3 Å². The maximum Gasteiger partial charge on any atom is 0.326 e. The number of nitrogens with one attached hydrogen (secondary N) is 5. The van der Waals surface area contributed by atoms with Crippen LogP contribution >= 0.6 is 0 Å². The number of guanidine groups is 1. The minimum atomic E-state index is -1.45. The summed E-state index contributed by atoms with van der Waals surface area (Å²) in [6, 6.07) is -3.71. The molecule has 2 atom stereocenters. The smallest absolute Gasteiger partial charge is 0.326 e. The highest BCUT2D eigenvalue weighted by Gasteiger charge is 2.24. The van der Waals surface area contributed by atoms with E-state index in [4.69, 9.17) is 21.4 Å². The lowest BCUT2D eigenvalue weighted by molar-refractivity contribution is -0.140. The van der Waals surface area contributed by atoms with E-state index in [0.717, 1.165) is 32.1 Å². The van der Waals surface area contributed by atoms with Crippen molar-refractivity contribution in [3.63, 3.8) is 0 Å². The Labute approximate surface area is 203 Å². The second-order valence-corrected chi connectivity index (χ2v) is 8.04. The molecule has 0 saturated heterocycles. The SMILES string of the molecule is N=C(NCCCCCCCC(N)=O)NCCCC[C@H](NC(=O)N[C@@H](CCC(=O)O)C(=O)O)C(=O)O. The number of hydrogen-bond donors (Lipinski definition) is 9. The lowest BCUT2D eigenvalue weighted by atomic mass is 10.1. The van der Waals surface area contributed by atoms with Crippen LogP contribution in [0.5, 0.6) is 0 Å². The molecule has 0 aromatic heterocycles. The van der Waals surface area contributed by atoms with Crippen LogP contribution in [0.1, 0.15) is 70.6 Å². The van der Waals surface area contributed by atoms with Crippen molar-refractivity contribution in [1.29, 1.82) is 5.41 Å². The van der Waals surface area contributed by atoms with E-state index in [-0.39, 0.29) is 24.7 Å². The van der Waals surface area contributed by atoms with Crippen molar-refractivity contribution >= 4 is 35.8 Å². The first-order valence-corrected chi connectivity index (χ1v) is 11.6. The van der Waals surface area contributed by atoms with Crippen LogP contribution in [0.15, 0.2) is 0 Å². The monoisotopic (exact) mass is 502 g/mol. The van der Waals surface area contributed by atoms with Gasteiger partial charge in [0.25, 0.3) is 0 Å². The molecule has 0 saturated carbocycles. The molecule has 0 aliphatic heterocycles. The second kappa shape index (κ2) is 18.8. The van der Waals surface area contributed by atoms with E-state index >= 15 is 0 Å². The maximum atomic E-state index is 12.0. The number of carboxylic acid groups (broad SMARTS) is 3. The highest BCUT2D eigenvalue weighted by atomic mass is 16.4. The Balaban J connectivity index is 4.04. The van der Waals surface area contributed by atoms with Crippen LogP contribution in [0.4, 0.5) is 4.79 Å². The number of nitrogens with two attached hydrogens (primary N) is 1.